The molecule has 3 heterocycles. The zero-order chi connectivity index (χ0) is 17.9. The third kappa shape index (κ3) is 5.72. The minimum atomic E-state index is -0.0689. The van der Waals surface area contributed by atoms with Crippen molar-refractivity contribution in [2.24, 2.45) is 5.92 Å². The average molecular weight is 437 g/mol. The Morgan fingerprint density at radius 1 is 1.14 bits per heavy atom. The van der Waals surface area contributed by atoms with Crippen molar-refractivity contribution in [1.82, 2.24) is 20.4 Å². The lowest BCUT2D eigenvalue weighted by atomic mass is 9.85. The quantitative estimate of drug-likeness (QED) is 0.666. The van der Waals surface area contributed by atoms with Crippen LogP contribution in [0.15, 0.2) is 0 Å². The van der Waals surface area contributed by atoms with Gasteiger partial charge in [-0.3, -0.25) is 14.5 Å². The molecule has 0 aromatic rings. The number of rotatable bonds is 5. The highest BCUT2D eigenvalue weighted by Gasteiger charge is 2.39. The van der Waals surface area contributed by atoms with Gasteiger partial charge in [-0.2, -0.15) is 0 Å². The first-order chi connectivity index (χ1) is 12.7. The minimum absolute atomic E-state index is 0. The summed E-state index contributed by atoms with van der Waals surface area (Å²) in [5, 5.41) is 6.66. The van der Waals surface area contributed by atoms with E-state index in [2.05, 4.69) is 15.5 Å². The van der Waals surface area contributed by atoms with Crippen molar-refractivity contribution in [1.29, 1.82) is 0 Å². The van der Waals surface area contributed by atoms with Gasteiger partial charge in [-0.05, 0) is 25.2 Å². The maximum atomic E-state index is 12.6. The van der Waals surface area contributed by atoms with Gasteiger partial charge < -0.3 is 20.3 Å². The third-order valence-electron chi connectivity index (χ3n) is 6.53. The Hall–Kier alpha value is -0.600. The molecule has 2 N–H and O–H groups in total. The van der Waals surface area contributed by atoms with Gasteiger partial charge in [-0.25, -0.2) is 0 Å². The molecule has 0 radical (unpaired) electrons. The summed E-state index contributed by atoms with van der Waals surface area (Å²) in [6.45, 7) is 5.73. The predicted octanol–water partition coefficient (Wildman–Crippen LogP) is 0.800. The number of hydrogen-bond acceptors (Lipinski definition) is 5. The van der Waals surface area contributed by atoms with E-state index in [4.69, 9.17) is 4.74 Å². The first kappa shape index (κ1) is 23.7. The van der Waals surface area contributed by atoms with E-state index >= 15 is 0 Å². The standard InChI is InChI=1S/C19H32N4O3.2ClH/c24-18-12-15(13-23(18)6-5-22-7-9-26-10-8-22)20-19(25)17-11-14-3-1-2-4-16(14)21-17;;/h14-17,21H,1-13H2,(H,20,25);2*1H. The highest BCUT2D eigenvalue weighted by Crippen LogP contribution is 2.33. The molecule has 2 amide bonds. The lowest BCUT2D eigenvalue weighted by Gasteiger charge is -2.28. The molecule has 4 unspecified atom stereocenters. The Morgan fingerprint density at radius 3 is 2.64 bits per heavy atom. The Balaban J connectivity index is 0.00000140. The molecule has 3 aliphatic heterocycles. The van der Waals surface area contributed by atoms with Crippen LogP contribution < -0.4 is 10.6 Å². The summed E-state index contributed by atoms with van der Waals surface area (Å²) < 4.78 is 5.36. The van der Waals surface area contributed by atoms with Crippen molar-refractivity contribution in [3.05, 3.63) is 0 Å². The summed E-state index contributed by atoms with van der Waals surface area (Å²) in [7, 11) is 0. The monoisotopic (exact) mass is 436 g/mol. The van der Waals surface area contributed by atoms with E-state index in [-0.39, 0.29) is 48.7 Å². The number of likely N-dealkylation sites (tertiary alicyclic amines) is 1. The van der Waals surface area contributed by atoms with Crippen LogP contribution in [-0.4, -0.2) is 85.7 Å². The molecule has 0 bridgehead atoms. The number of carbonyl (C=O) groups excluding carboxylic acids is 2. The van der Waals surface area contributed by atoms with Gasteiger partial charge in [0.05, 0.1) is 25.3 Å². The molecule has 7 nitrogen and oxygen atoms in total. The topological polar surface area (TPSA) is 73.9 Å². The second-order valence-corrected chi connectivity index (χ2v) is 8.31. The molecule has 28 heavy (non-hydrogen) atoms. The van der Waals surface area contributed by atoms with Crippen molar-refractivity contribution in [3.63, 3.8) is 0 Å². The Labute approximate surface area is 180 Å². The highest BCUT2D eigenvalue weighted by atomic mass is 35.5. The summed E-state index contributed by atoms with van der Waals surface area (Å²) in [5.74, 6) is 0.915. The van der Waals surface area contributed by atoms with Gasteiger partial charge in [-0.15, -0.1) is 24.8 Å². The van der Waals surface area contributed by atoms with E-state index in [1.54, 1.807) is 0 Å². The zero-order valence-electron chi connectivity index (χ0n) is 16.4. The lowest BCUT2D eigenvalue weighted by molar-refractivity contribution is -0.128. The zero-order valence-corrected chi connectivity index (χ0v) is 18.1. The van der Waals surface area contributed by atoms with E-state index in [1.165, 1.54) is 25.7 Å². The molecular weight excluding hydrogens is 403 g/mol. The van der Waals surface area contributed by atoms with Gasteiger partial charge in [-0.1, -0.05) is 12.8 Å². The molecule has 0 spiro atoms. The number of ether oxygens (including phenoxy) is 1. The van der Waals surface area contributed by atoms with Crippen LogP contribution in [0.4, 0.5) is 0 Å². The van der Waals surface area contributed by atoms with Gasteiger partial charge in [0.2, 0.25) is 11.8 Å². The van der Waals surface area contributed by atoms with Gasteiger partial charge >= 0.3 is 0 Å². The maximum Gasteiger partial charge on any atom is 0.237 e. The van der Waals surface area contributed by atoms with Crippen LogP contribution in [0.25, 0.3) is 0 Å². The average Bonchev–Trinajstić information content (AvgIpc) is 3.24. The van der Waals surface area contributed by atoms with Gasteiger partial charge in [0.25, 0.3) is 0 Å². The van der Waals surface area contributed by atoms with Crippen LogP contribution in [0.3, 0.4) is 0 Å². The molecule has 4 atom stereocenters. The summed E-state index contributed by atoms with van der Waals surface area (Å²) in [5.41, 5.74) is 0. The summed E-state index contributed by atoms with van der Waals surface area (Å²) in [6, 6.07) is 0.416. The number of carbonyl (C=O) groups is 2. The number of morpholine rings is 1. The lowest BCUT2D eigenvalue weighted by Crippen LogP contribution is -2.47. The van der Waals surface area contributed by atoms with E-state index in [9.17, 15) is 9.59 Å². The van der Waals surface area contributed by atoms with Gasteiger partial charge in [0, 0.05) is 45.2 Å². The van der Waals surface area contributed by atoms with E-state index < -0.39 is 0 Å². The predicted molar refractivity (Wildman–Crippen MR) is 112 cm³/mol. The van der Waals surface area contributed by atoms with Crippen molar-refractivity contribution < 1.29 is 14.3 Å². The Kier molecular flexibility index (Phi) is 9.28. The molecule has 0 aromatic heterocycles. The second-order valence-electron chi connectivity index (χ2n) is 8.31. The summed E-state index contributed by atoms with van der Waals surface area (Å²) >= 11 is 0. The minimum Gasteiger partial charge on any atom is -0.379 e. The molecule has 4 fully saturated rings. The van der Waals surface area contributed by atoms with Crippen molar-refractivity contribution in [2.45, 2.75) is 56.7 Å². The molecule has 4 rings (SSSR count). The first-order valence-corrected chi connectivity index (χ1v) is 10.3. The smallest absolute Gasteiger partial charge is 0.237 e. The fraction of sp³-hybridized carbons (Fsp3) is 0.895. The maximum absolute atomic E-state index is 12.6. The normalized spacial score (nSPS) is 33.0. The van der Waals surface area contributed by atoms with Crippen LogP contribution in [-0.2, 0) is 14.3 Å². The number of nitrogens with one attached hydrogen (secondary N) is 2. The van der Waals surface area contributed by atoms with Crippen molar-refractivity contribution >= 4 is 36.6 Å². The molecular formula is C19H34Cl2N4O3. The number of halogens is 2. The third-order valence-corrected chi connectivity index (χ3v) is 6.53. The molecule has 0 aromatic carbocycles. The first-order valence-electron chi connectivity index (χ1n) is 10.3. The van der Waals surface area contributed by atoms with E-state index in [0.29, 0.717) is 24.9 Å². The Morgan fingerprint density at radius 2 is 1.89 bits per heavy atom. The molecule has 162 valence electrons. The fourth-order valence-corrected chi connectivity index (χ4v) is 4.99. The van der Waals surface area contributed by atoms with E-state index in [1.807, 2.05) is 4.90 Å². The molecule has 3 saturated heterocycles. The van der Waals surface area contributed by atoms with Crippen molar-refractivity contribution in [3.8, 4) is 0 Å². The SMILES string of the molecule is Cl.Cl.O=C(NC1CC(=O)N(CCN2CCOCC2)C1)C1CC2CCCCC2N1. The van der Waals surface area contributed by atoms with E-state index in [0.717, 1.165) is 45.8 Å². The largest absolute Gasteiger partial charge is 0.379 e. The Bertz CT molecular complexity index is 519. The number of amides is 2. The summed E-state index contributed by atoms with van der Waals surface area (Å²) in [4.78, 5) is 29.2. The fourth-order valence-electron chi connectivity index (χ4n) is 4.99. The van der Waals surface area contributed by atoms with Gasteiger partial charge in [0.1, 0.15) is 0 Å². The molecule has 4 aliphatic rings. The van der Waals surface area contributed by atoms with Crippen LogP contribution in [0.1, 0.15) is 38.5 Å². The van der Waals surface area contributed by atoms with Crippen LogP contribution >= 0.6 is 24.8 Å². The van der Waals surface area contributed by atoms with Crippen LogP contribution in [0.5, 0.6) is 0 Å². The molecule has 1 aliphatic carbocycles. The molecule has 1 saturated carbocycles. The number of nitrogens with zero attached hydrogens (tertiary/aromatic N) is 2. The highest BCUT2D eigenvalue weighted by molar-refractivity contribution is 5.86. The van der Waals surface area contributed by atoms with Gasteiger partial charge in [0.15, 0.2) is 0 Å². The van der Waals surface area contributed by atoms with Crippen LogP contribution in [0, 0.1) is 5.92 Å². The number of fused-ring (bicyclic) bond motifs is 1. The van der Waals surface area contributed by atoms with Crippen molar-refractivity contribution in [2.75, 3.05) is 45.9 Å². The second kappa shape index (κ2) is 11.0. The molecule has 9 heteroatoms. The van der Waals surface area contributed by atoms with Crippen LogP contribution in [0.2, 0.25) is 0 Å². The summed E-state index contributed by atoms with van der Waals surface area (Å²) in [6.07, 6.45) is 6.42. The number of hydrogen-bond donors (Lipinski definition) is 2.